The predicted molar refractivity (Wildman–Crippen MR) is 80.1 cm³/mol. The summed E-state index contributed by atoms with van der Waals surface area (Å²) in [6.07, 6.45) is 0.280. The molecular weight excluding hydrogens is 304 g/mol. The highest BCUT2D eigenvalue weighted by Crippen LogP contribution is 2.25. The van der Waals surface area contributed by atoms with Crippen LogP contribution in [-0.2, 0) is 13.0 Å². The first-order valence-corrected chi connectivity index (χ1v) is 7.44. The Kier molecular flexibility index (Phi) is 4.02. The zero-order valence-electron chi connectivity index (χ0n) is 12.9. The molecule has 0 saturated carbocycles. The Labute approximate surface area is 132 Å². The van der Waals surface area contributed by atoms with Gasteiger partial charge in [-0.1, -0.05) is 19.0 Å². The molecule has 0 radical (unpaired) electrons. The van der Waals surface area contributed by atoms with Gasteiger partial charge in [0.25, 0.3) is 0 Å². The van der Waals surface area contributed by atoms with Gasteiger partial charge < -0.3 is 9.42 Å². The molecule has 2 aromatic rings. The van der Waals surface area contributed by atoms with Crippen molar-refractivity contribution < 1.29 is 18.1 Å². The number of hydrogen-bond donors (Lipinski definition) is 1. The average Bonchev–Trinajstić information content (AvgIpc) is 2.99. The van der Waals surface area contributed by atoms with Crippen LogP contribution in [0.1, 0.15) is 36.7 Å². The van der Waals surface area contributed by atoms with Crippen molar-refractivity contribution in [1.82, 2.24) is 10.1 Å². The van der Waals surface area contributed by atoms with Gasteiger partial charge in [-0.05, 0) is 24.1 Å². The van der Waals surface area contributed by atoms with Crippen molar-refractivity contribution in [2.45, 2.75) is 32.7 Å². The molecule has 1 aliphatic rings. The third-order valence-electron chi connectivity index (χ3n) is 3.92. The molecule has 23 heavy (non-hydrogen) atoms. The van der Waals surface area contributed by atoms with Crippen molar-refractivity contribution in [3.63, 3.8) is 0 Å². The van der Waals surface area contributed by atoms with Crippen molar-refractivity contribution in [1.29, 1.82) is 0 Å². The Morgan fingerprint density at radius 3 is 2.65 bits per heavy atom. The SMILES string of the molecule is CC(C)c1cc(NC(=O)N2CCc3c(F)ccc(F)c3C2)no1. The Bertz CT molecular complexity index is 743. The highest BCUT2D eigenvalue weighted by molar-refractivity contribution is 5.88. The van der Waals surface area contributed by atoms with Gasteiger partial charge in [-0.15, -0.1) is 0 Å². The lowest BCUT2D eigenvalue weighted by atomic mass is 9.99. The monoisotopic (exact) mass is 321 g/mol. The van der Waals surface area contributed by atoms with Gasteiger partial charge in [0, 0.05) is 24.1 Å². The summed E-state index contributed by atoms with van der Waals surface area (Å²) in [4.78, 5) is 13.7. The molecule has 2 heterocycles. The Morgan fingerprint density at radius 2 is 2.00 bits per heavy atom. The van der Waals surface area contributed by atoms with E-state index in [4.69, 9.17) is 4.52 Å². The maximum Gasteiger partial charge on any atom is 0.323 e. The van der Waals surface area contributed by atoms with E-state index in [1.165, 1.54) is 4.90 Å². The summed E-state index contributed by atoms with van der Waals surface area (Å²) >= 11 is 0. The molecule has 0 fully saturated rings. The molecule has 5 nitrogen and oxygen atoms in total. The summed E-state index contributed by atoms with van der Waals surface area (Å²) in [7, 11) is 0. The van der Waals surface area contributed by atoms with Crippen molar-refractivity contribution in [3.05, 3.63) is 46.7 Å². The van der Waals surface area contributed by atoms with Crippen LogP contribution in [0.4, 0.5) is 19.4 Å². The molecule has 7 heteroatoms. The summed E-state index contributed by atoms with van der Waals surface area (Å²) < 4.78 is 32.7. The zero-order chi connectivity index (χ0) is 16.6. The molecular formula is C16H17F2N3O2. The molecule has 0 unspecified atom stereocenters. The van der Waals surface area contributed by atoms with Gasteiger partial charge in [-0.3, -0.25) is 5.32 Å². The van der Waals surface area contributed by atoms with Crippen LogP contribution in [0.5, 0.6) is 0 Å². The lowest BCUT2D eigenvalue weighted by Gasteiger charge is -2.29. The largest absolute Gasteiger partial charge is 0.359 e. The fraction of sp³-hybridized carbons (Fsp3) is 0.375. The second-order valence-electron chi connectivity index (χ2n) is 5.86. The van der Waals surface area contributed by atoms with E-state index in [0.29, 0.717) is 23.7 Å². The van der Waals surface area contributed by atoms with Crippen LogP contribution in [0, 0.1) is 11.6 Å². The fourth-order valence-corrected chi connectivity index (χ4v) is 2.58. The number of urea groups is 1. The molecule has 3 rings (SSSR count). The highest BCUT2D eigenvalue weighted by atomic mass is 19.1. The van der Waals surface area contributed by atoms with E-state index in [-0.39, 0.29) is 24.4 Å². The lowest BCUT2D eigenvalue weighted by molar-refractivity contribution is 0.204. The summed E-state index contributed by atoms with van der Waals surface area (Å²) in [5.41, 5.74) is 0.576. The van der Waals surface area contributed by atoms with Crippen molar-refractivity contribution in [2.75, 3.05) is 11.9 Å². The minimum Gasteiger partial charge on any atom is -0.359 e. The van der Waals surface area contributed by atoms with Gasteiger partial charge in [0.1, 0.15) is 17.4 Å². The first-order valence-electron chi connectivity index (χ1n) is 7.44. The molecule has 122 valence electrons. The number of rotatable bonds is 2. The number of carbonyl (C=O) groups excluding carboxylic acids is 1. The van der Waals surface area contributed by atoms with Gasteiger partial charge in [-0.2, -0.15) is 0 Å². The Hall–Kier alpha value is -2.44. The number of nitrogens with one attached hydrogen (secondary N) is 1. The molecule has 0 bridgehead atoms. The molecule has 0 saturated heterocycles. The van der Waals surface area contributed by atoms with E-state index in [9.17, 15) is 13.6 Å². The third kappa shape index (κ3) is 3.04. The predicted octanol–water partition coefficient (Wildman–Crippen LogP) is 3.67. The van der Waals surface area contributed by atoms with Gasteiger partial charge >= 0.3 is 6.03 Å². The topological polar surface area (TPSA) is 58.4 Å². The first-order chi connectivity index (χ1) is 11.0. The quantitative estimate of drug-likeness (QED) is 0.918. The normalized spacial score (nSPS) is 14.0. The number of hydrogen-bond acceptors (Lipinski definition) is 3. The fourth-order valence-electron chi connectivity index (χ4n) is 2.58. The van der Waals surface area contributed by atoms with Gasteiger partial charge in [0.2, 0.25) is 0 Å². The zero-order valence-corrected chi connectivity index (χ0v) is 12.9. The van der Waals surface area contributed by atoms with Crippen molar-refractivity contribution in [2.24, 2.45) is 0 Å². The number of nitrogens with zero attached hydrogens (tertiary/aromatic N) is 2. The van der Waals surface area contributed by atoms with Crippen LogP contribution in [0.15, 0.2) is 22.7 Å². The van der Waals surface area contributed by atoms with E-state index >= 15 is 0 Å². The van der Waals surface area contributed by atoms with Gasteiger partial charge in [0.15, 0.2) is 5.82 Å². The van der Waals surface area contributed by atoms with Gasteiger partial charge in [0.05, 0.1) is 6.54 Å². The molecule has 1 aromatic carbocycles. The minimum atomic E-state index is -0.498. The van der Waals surface area contributed by atoms with Crippen LogP contribution in [0.2, 0.25) is 0 Å². The average molecular weight is 321 g/mol. The van der Waals surface area contributed by atoms with Crippen molar-refractivity contribution >= 4 is 11.8 Å². The molecule has 0 atom stereocenters. The van der Waals surface area contributed by atoms with E-state index in [1.54, 1.807) is 6.07 Å². The van der Waals surface area contributed by atoms with E-state index in [2.05, 4.69) is 10.5 Å². The minimum absolute atomic E-state index is 0.0274. The van der Waals surface area contributed by atoms with Crippen LogP contribution in [0.25, 0.3) is 0 Å². The summed E-state index contributed by atoms with van der Waals surface area (Å²) in [5, 5.41) is 6.40. The Balaban J connectivity index is 1.72. The van der Waals surface area contributed by atoms with Crippen LogP contribution >= 0.6 is 0 Å². The second-order valence-corrected chi connectivity index (χ2v) is 5.86. The van der Waals surface area contributed by atoms with E-state index in [0.717, 1.165) is 12.1 Å². The number of fused-ring (bicyclic) bond motifs is 1. The third-order valence-corrected chi connectivity index (χ3v) is 3.92. The number of anilines is 1. The summed E-state index contributed by atoms with van der Waals surface area (Å²) in [5.74, 6) is 0.204. The number of benzene rings is 1. The summed E-state index contributed by atoms with van der Waals surface area (Å²) in [6.45, 7) is 4.24. The maximum atomic E-state index is 13.9. The van der Waals surface area contributed by atoms with Crippen LogP contribution < -0.4 is 5.32 Å². The number of halogens is 2. The number of carbonyl (C=O) groups is 1. The maximum absolute atomic E-state index is 13.9. The first kappa shape index (κ1) is 15.5. The van der Waals surface area contributed by atoms with E-state index in [1.807, 2.05) is 13.8 Å². The van der Waals surface area contributed by atoms with Crippen molar-refractivity contribution in [3.8, 4) is 0 Å². The smallest absolute Gasteiger partial charge is 0.323 e. The molecule has 2 amide bonds. The van der Waals surface area contributed by atoms with E-state index < -0.39 is 17.7 Å². The summed E-state index contributed by atoms with van der Waals surface area (Å²) in [6, 6.07) is 3.44. The molecule has 0 aliphatic carbocycles. The standard InChI is InChI=1S/C16H17F2N3O2/c1-9(2)14-7-15(20-23-14)19-16(22)21-6-5-10-11(8-21)13(18)4-3-12(10)17/h3-4,7,9H,5-6,8H2,1-2H3,(H,19,20,22). The number of aromatic nitrogens is 1. The number of amides is 2. The molecule has 1 aliphatic heterocycles. The lowest BCUT2D eigenvalue weighted by Crippen LogP contribution is -2.39. The van der Waals surface area contributed by atoms with Crippen LogP contribution in [-0.4, -0.2) is 22.6 Å². The molecule has 1 N–H and O–H groups in total. The molecule has 0 spiro atoms. The van der Waals surface area contributed by atoms with Crippen LogP contribution in [0.3, 0.4) is 0 Å². The highest BCUT2D eigenvalue weighted by Gasteiger charge is 2.26. The van der Waals surface area contributed by atoms with Gasteiger partial charge in [-0.25, -0.2) is 13.6 Å². The molecule has 1 aromatic heterocycles. The second kappa shape index (κ2) is 5.98. The Morgan fingerprint density at radius 1 is 1.30 bits per heavy atom.